The number of nitrogens with zero attached hydrogens (tertiary/aromatic N) is 8. The number of rotatable bonds is 5. The van der Waals surface area contributed by atoms with Crippen LogP contribution in [0.2, 0.25) is 0 Å². The predicted octanol–water partition coefficient (Wildman–Crippen LogP) is 7.92. The van der Waals surface area contributed by atoms with Crippen LogP contribution in [0.1, 0.15) is 78.6 Å². The van der Waals surface area contributed by atoms with E-state index in [4.69, 9.17) is 17.1 Å². The Labute approximate surface area is 320 Å². The third-order valence-corrected chi connectivity index (χ3v) is 8.88. The van der Waals surface area contributed by atoms with Gasteiger partial charge >= 0.3 is 34.8 Å². The molecule has 0 bridgehead atoms. The molecule has 2 unspecified atom stereocenters. The molecule has 2 saturated heterocycles. The summed E-state index contributed by atoms with van der Waals surface area (Å²) in [4.78, 5) is 27.8. The number of carbonyl (C=O) groups excluding carboxylic acids is 1. The third-order valence-electron chi connectivity index (χ3n) is 8.88. The molecule has 0 radical (unpaired) electrons. The van der Waals surface area contributed by atoms with Gasteiger partial charge in [-0.1, -0.05) is 0 Å². The van der Waals surface area contributed by atoms with Gasteiger partial charge in [-0.05, 0) is 81.8 Å². The summed E-state index contributed by atoms with van der Waals surface area (Å²) in [6.45, 7) is 2.85. The van der Waals surface area contributed by atoms with Crippen LogP contribution in [0, 0.1) is 6.92 Å². The molecule has 2 aliphatic heterocycles. The van der Waals surface area contributed by atoms with Crippen molar-refractivity contribution < 1.29 is 48.3 Å². The molecule has 8 rings (SSSR count). The number of carbonyl (C=O) groups is 1. The van der Waals surface area contributed by atoms with Gasteiger partial charge in [0.25, 0.3) is 0 Å². The van der Waals surface area contributed by atoms with Gasteiger partial charge in [0.1, 0.15) is 18.1 Å². The van der Waals surface area contributed by atoms with E-state index in [1.54, 1.807) is 18.2 Å². The van der Waals surface area contributed by atoms with Gasteiger partial charge in [0.05, 0.1) is 22.1 Å². The number of pyridine rings is 4. The van der Waals surface area contributed by atoms with E-state index < -0.39 is 51.0 Å². The monoisotopic (exact) mass is 850 g/mol. The zero-order chi connectivity index (χ0) is 40.0. The quantitative estimate of drug-likeness (QED) is 0.0943. The van der Waals surface area contributed by atoms with Crippen LogP contribution in [-0.4, -0.2) is 73.8 Å². The maximum atomic E-state index is 13.5. The maximum absolute atomic E-state index is 13.5. The Balaban J connectivity index is 0.000000178. The van der Waals surface area contributed by atoms with Gasteiger partial charge in [0.2, 0.25) is 0 Å². The predicted molar refractivity (Wildman–Crippen MR) is 186 cm³/mol. The molecule has 2 aliphatic rings. The summed E-state index contributed by atoms with van der Waals surface area (Å²) in [7, 11) is 0. The minimum absolute atomic E-state index is 0.00983. The summed E-state index contributed by atoms with van der Waals surface area (Å²) in [5, 5.41) is 7.56. The molecule has 8 heterocycles. The fourth-order valence-electron chi connectivity index (χ4n) is 6.28. The minimum atomic E-state index is -4.62. The molecule has 13 nitrogen and oxygen atoms in total. The van der Waals surface area contributed by atoms with E-state index in [1.165, 1.54) is 46.3 Å². The van der Waals surface area contributed by atoms with Crippen molar-refractivity contribution in [2.75, 3.05) is 13.2 Å². The van der Waals surface area contributed by atoms with Crippen molar-refractivity contribution in [2.24, 2.45) is 0 Å². The van der Waals surface area contributed by atoms with Gasteiger partial charge in [-0.15, -0.1) is 0 Å². The van der Waals surface area contributed by atoms with Crippen molar-refractivity contribution in [3.8, 4) is 22.3 Å². The number of aryl methyl sites for hydroxylation is 1. The first-order valence-electron chi connectivity index (χ1n) is 17.2. The molecule has 20 heteroatoms. The number of fused-ring (bicyclic) bond motifs is 2. The van der Waals surface area contributed by atoms with Gasteiger partial charge in [-0.3, -0.25) is 19.7 Å². The first kappa shape index (κ1) is 40.5. The van der Waals surface area contributed by atoms with Crippen LogP contribution in [0.4, 0.5) is 26.3 Å². The number of alkyl halides is 6. The second-order valence-electron chi connectivity index (χ2n) is 12.8. The summed E-state index contributed by atoms with van der Waals surface area (Å²) in [5.74, 6) is 0. The summed E-state index contributed by atoms with van der Waals surface area (Å²) in [6.07, 6.45) is 0.759. The van der Waals surface area contributed by atoms with Crippen molar-refractivity contribution in [1.29, 1.82) is 0 Å². The van der Waals surface area contributed by atoms with E-state index in [1.807, 2.05) is 13.0 Å². The fraction of sp³-hybridized carbons (Fsp3) is 0.361. The molecule has 294 valence electrons. The summed E-state index contributed by atoms with van der Waals surface area (Å²) >= 11 is -1.62. The first-order chi connectivity index (χ1) is 26.8. The molecular formula is C36H32F6N8O5Se. The van der Waals surface area contributed by atoms with Gasteiger partial charge in [-0.25, -0.2) is 14.3 Å². The molecule has 0 amide bonds. The Hall–Kier alpha value is -5.17. The zero-order valence-corrected chi connectivity index (χ0v) is 31.2. The van der Waals surface area contributed by atoms with Gasteiger partial charge < -0.3 is 9.47 Å². The molecular weight excluding hydrogens is 817 g/mol. The average molecular weight is 850 g/mol. The summed E-state index contributed by atoms with van der Waals surface area (Å²) in [6, 6.07) is 9.81. The average Bonchev–Trinajstić information content (AvgIpc) is 3.86. The number of aldehydes is 1. The van der Waals surface area contributed by atoms with Gasteiger partial charge in [0, 0.05) is 65.9 Å². The molecule has 56 heavy (non-hydrogen) atoms. The van der Waals surface area contributed by atoms with Crippen LogP contribution in [0.5, 0.6) is 0 Å². The summed E-state index contributed by atoms with van der Waals surface area (Å²) in [5.41, 5.74) is 1.51. The molecule has 2 fully saturated rings. The van der Waals surface area contributed by atoms with Crippen LogP contribution in [0.3, 0.4) is 0 Å². The summed E-state index contributed by atoms with van der Waals surface area (Å²) < 4.78 is 112. The molecule has 0 aromatic carbocycles. The molecule has 0 spiro atoms. The Morgan fingerprint density at radius 1 is 0.696 bits per heavy atom. The van der Waals surface area contributed by atoms with Gasteiger partial charge in [0.15, 0.2) is 17.7 Å². The van der Waals surface area contributed by atoms with Crippen LogP contribution < -0.4 is 0 Å². The normalized spacial score (nSPS) is 17.4. The van der Waals surface area contributed by atoms with Crippen molar-refractivity contribution in [3.63, 3.8) is 0 Å². The van der Waals surface area contributed by atoms with Gasteiger partial charge in [-0.2, -0.15) is 36.5 Å². The Morgan fingerprint density at radius 3 is 1.59 bits per heavy atom. The molecule has 0 aliphatic carbocycles. The van der Waals surface area contributed by atoms with E-state index >= 15 is 0 Å². The van der Waals surface area contributed by atoms with Crippen molar-refractivity contribution >= 4 is 43.2 Å². The Morgan fingerprint density at radius 2 is 1.16 bits per heavy atom. The zero-order valence-electron chi connectivity index (χ0n) is 29.5. The number of ether oxygens (including phenoxy) is 2. The Bertz CT molecular complexity index is 2370. The van der Waals surface area contributed by atoms with E-state index in [9.17, 15) is 31.1 Å². The van der Waals surface area contributed by atoms with Crippen LogP contribution in [0.15, 0.2) is 61.2 Å². The van der Waals surface area contributed by atoms with E-state index in [2.05, 4.69) is 30.1 Å². The van der Waals surface area contributed by atoms with Crippen LogP contribution in [-0.2, 0) is 29.5 Å². The Kier molecular flexibility index (Phi) is 12.5. The first-order valence-corrected chi connectivity index (χ1v) is 18.6. The number of halogens is 6. The number of hydrogen-bond donors (Lipinski definition) is 0. The van der Waals surface area contributed by atoms with Crippen LogP contribution in [0.25, 0.3) is 44.3 Å². The van der Waals surface area contributed by atoms with Crippen LogP contribution >= 0.6 is 0 Å². The second-order valence-corrected chi connectivity index (χ2v) is 13.1. The number of aromatic nitrogens is 8. The third kappa shape index (κ3) is 9.43. The fourth-order valence-corrected chi connectivity index (χ4v) is 6.28. The molecule has 2 atom stereocenters. The molecule has 6 aromatic heterocycles. The molecule has 6 aromatic rings. The molecule has 0 N–H and O–H groups in total. The second kappa shape index (κ2) is 17.3. The van der Waals surface area contributed by atoms with E-state index in [-0.39, 0.29) is 22.4 Å². The van der Waals surface area contributed by atoms with Crippen molar-refractivity contribution in [3.05, 3.63) is 84.0 Å². The van der Waals surface area contributed by atoms with E-state index in [0.717, 1.165) is 31.4 Å². The standard InChI is InChI=1S/C18H15F3N4O2.C18H17F3N4O.O2Se/c19-18(20,21)17-13(9-25(24-17)16-3-1-2-6-27-16)11-7-15-14(22-8-11)5-4-12(10-26)23-15;1-11-5-6-14-15(23-11)8-12(9-22-14)13-10-25(16-4-2-3-7-26-16)24-17(13)18(19,20)21;1-3-2/h4-5,7-10,16H,1-3,6H2;5-6,8-10,16H,2-4,7H2,1H3;. The number of hydrogen-bond acceptors (Lipinski definition) is 11. The molecule has 0 saturated carbocycles. The SMILES string of the molecule is Cc1ccc2ncc(-c3cn(C4CCCCO4)nc3C(F)(F)F)cc2n1.O=Cc1ccc2ncc(-c3cn(C4CCCCO4)nc3C(F)(F)F)cc2n1.O=[Se]=O. The van der Waals surface area contributed by atoms with E-state index in [0.29, 0.717) is 60.0 Å². The van der Waals surface area contributed by atoms with Crippen molar-refractivity contribution in [1.82, 2.24) is 39.5 Å². The topological polar surface area (TPSA) is 157 Å². The van der Waals surface area contributed by atoms with Crippen molar-refractivity contribution in [2.45, 2.75) is 70.3 Å².